The van der Waals surface area contributed by atoms with Gasteiger partial charge in [0.2, 0.25) is 5.88 Å². The number of para-hydroxylation sites is 1. The zero-order valence-electron chi connectivity index (χ0n) is 11.6. The predicted molar refractivity (Wildman–Crippen MR) is 92.5 cm³/mol. The quantitative estimate of drug-likeness (QED) is 0.378. The molecule has 3 nitrogen and oxygen atoms in total. The number of fused-ring (bicyclic) bond motifs is 4. The summed E-state index contributed by atoms with van der Waals surface area (Å²) in [7, 11) is 1.57. The Balaban J connectivity index is 2.35. The molecule has 108 valence electrons. The summed E-state index contributed by atoms with van der Waals surface area (Å²) in [6, 6.07) is 12.9. The van der Waals surface area contributed by atoms with Crippen LogP contribution < -0.4 is 10.2 Å². The zero-order chi connectivity index (χ0) is 15.3. The topological polar surface area (TPSA) is 39.2 Å². The maximum atomic E-state index is 13.0. The van der Waals surface area contributed by atoms with E-state index in [1.807, 2.05) is 24.3 Å². The Labute approximate surface area is 134 Å². The van der Waals surface area contributed by atoms with Crippen LogP contribution in [0.3, 0.4) is 0 Å². The van der Waals surface area contributed by atoms with Crippen molar-refractivity contribution < 1.29 is 4.74 Å². The van der Waals surface area contributed by atoms with Gasteiger partial charge in [0.1, 0.15) is 4.70 Å². The van der Waals surface area contributed by atoms with Crippen molar-refractivity contribution in [3.05, 3.63) is 57.7 Å². The van der Waals surface area contributed by atoms with Crippen LogP contribution in [0, 0.1) is 0 Å². The second-order valence-electron chi connectivity index (χ2n) is 4.91. The fourth-order valence-corrected chi connectivity index (χ4v) is 4.08. The van der Waals surface area contributed by atoms with Gasteiger partial charge in [0.15, 0.2) is 5.43 Å². The van der Waals surface area contributed by atoms with E-state index in [0.29, 0.717) is 21.7 Å². The minimum absolute atomic E-state index is 0.0164. The molecule has 4 rings (SSSR count). The first-order valence-electron chi connectivity index (χ1n) is 6.68. The summed E-state index contributed by atoms with van der Waals surface area (Å²) in [6.07, 6.45) is 0. The van der Waals surface area contributed by atoms with Gasteiger partial charge < -0.3 is 4.74 Å². The summed E-state index contributed by atoms with van der Waals surface area (Å²) >= 11 is 7.52. The van der Waals surface area contributed by atoms with Crippen LogP contribution in [0.5, 0.6) is 5.88 Å². The second kappa shape index (κ2) is 4.93. The van der Waals surface area contributed by atoms with Crippen LogP contribution >= 0.6 is 22.9 Å². The third-order valence-corrected chi connectivity index (χ3v) is 5.01. The molecule has 2 heterocycles. The van der Waals surface area contributed by atoms with E-state index in [4.69, 9.17) is 16.3 Å². The minimum atomic E-state index is -0.0164. The lowest BCUT2D eigenvalue weighted by molar-refractivity contribution is 0.405. The number of aromatic nitrogens is 1. The highest BCUT2D eigenvalue weighted by molar-refractivity contribution is 7.25. The molecule has 5 heteroatoms. The molecule has 0 saturated heterocycles. The molecule has 0 fully saturated rings. The molecule has 0 bridgehead atoms. The van der Waals surface area contributed by atoms with Crippen LogP contribution in [0.1, 0.15) is 0 Å². The second-order valence-corrected chi connectivity index (χ2v) is 6.40. The van der Waals surface area contributed by atoms with Crippen LogP contribution in [0.2, 0.25) is 5.02 Å². The Kier molecular flexibility index (Phi) is 3.03. The SMILES string of the molecule is COc1nc2ccccc2c2c(=O)c3ccc(Cl)cc3sc12. The molecule has 0 atom stereocenters. The van der Waals surface area contributed by atoms with Crippen molar-refractivity contribution >= 4 is 54.0 Å². The van der Waals surface area contributed by atoms with E-state index in [1.165, 1.54) is 11.3 Å². The fourth-order valence-electron chi connectivity index (χ4n) is 2.64. The van der Waals surface area contributed by atoms with Gasteiger partial charge in [0, 0.05) is 20.5 Å². The zero-order valence-corrected chi connectivity index (χ0v) is 13.2. The summed E-state index contributed by atoms with van der Waals surface area (Å²) < 4.78 is 6.98. The van der Waals surface area contributed by atoms with Crippen LogP contribution in [-0.4, -0.2) is 12.1 Å². The molecule has 0 amide bonds. The summed E-state index contributed by atoms with van der Waals surface area (Å²) in [4.78, 5) is 17.5. The molecule has 0 aliphatic rings. The number of hydrogen-bond donors (Lipinski definition) is 0. The Hall–Kier alpha value is -2.17. The first-order chi connectivity index (χ1) is 10.7. The molecule has 0 N–H and O–H groups in total. The molecule has 0 saturated carbocycles. The predicted octanol–water partition coefficient (Wildman–Crippen LogP) is 4.62. The van der Waals surface area contributed by atoms with Gasteiger partial charge in [-0.2, -0.15) is 0 Å². The fraction of sp³-hybridized carbons (Fsp3) is 0.0588. The van der Waals surface area contributed by atoms with E-state index in [-0.39, 0.29) is 5.43 Å². The Morgan fingerprint density at radius 3 is 2.77 bits per heavy atom. The van der Waals surface area contributed by atoms with Gasteiger partial charge in [-0.1, -0.05) is 29.8 Å². The van der Waals surface area contributed by atoms with E-state index >= 15 is 0 Å². The summed E-state index contributed by atoms with van der Waals surface area (Å²) in [5.41, 5.74) is 0.738. The van der Waals surface area contributed by atoms with Crippen molar-refractivity contribution in [2.24, 2.45) is 0 Å². The lowest BCUT2D eigenvalue weighted by atomic mass is 10.1. The van der Waals surface area contributed by atoms with Crippen molar-refractivity contribution in [2.75, 3.05) is 7.11 Å². The standard InChI is InChI=1S/C17H10ClNO2S/c1-21-17-16-14(10-4-2-3-5-12(10)19-17)15(20)11-7-6-9(18)8-13(11)22-16/h2-8H,1H3. The largest absolute Gasteiger partial charge is 0.480 e. The van der Waals surface area contributed by atoms with Crippen molar-refractivity contribution in [1.82, 2.24) is 4.98 Å². The molecule has 0 spiro atoms. The molecule has 2 aromatic carbocycles. The number of ether oxygens (including phenoxy) is 1. The summed E-state index contributed by atoms with van der Waals surface area (Å²) in [6.45, 7) is 0. The Bertz CT molecular complexity index is 1100. The van der Waals surface area contributed by atoms with Crippen molar-refractivity contribution in [3.63, 3.8) is 0 Å². The highest BCUT2D eigenvalue weighted by Gasteiger charge is 2.15. The van der Waals surface area contributed by atoms with Gasteiger partial charge in [-0.15, -0.1) is 11.3 Å². The van der Waals surface area contributed by atoms with Crippen molar-refractivity contribution in [1.29, 1.82) is 0 Å². The smallest absolute Gasteiger partial charge is 0.232 e. The molecular formula is C17H10ClNO2S. The third-order valence-electron chi connectivity index (χ3n) is 3.64. The molecule has 0 aliphatic heterocycles. The van der Waals surface area contributed by atoms with Crippen LogP contribution in [0.25, 0.3) is 31.1 Å². The molecule has 0 unspecified atom stereocenters. The molecule has 22 heavy (non-hydrogen) atoms. The van der Waals surface area contributed by atoms with Crippen molar-refractivity contribution in [3.8, 4) is 5.88 Å². The van der Waals surface area contributed by atoms with Crippen LogP contribution in [0.4, 0.5) is 0 Å². The number of benzene rings is 2. The number of nitrogens with zero attached hydrogens (tertiary/aromatic N) is 1. The van der Waals surface area contributed by atoms with Gasteiger partial charge in [-0.25, -0.2) is 4.98 Å². The van der Waals surface area contributed by atoms with Crippen LogP contribution in [0.15, 0.2) is 47.3 Å². The normalized spacial score (nSPS) is 11.4. The van der Waals surface area contributed by atoms with Gasteiger partial charge in [-0.3, -0.25) is 4.79 Å². The van der Waals surface area contributed by atoms with Gasteiger partial charge in [0.25, 0.3) is 0 Å². The lowest BCUT2D eigenvalue weighted by Crippen LogP contribution is -2.03. The average molecular weight is 328 g/mol. The molecular weight excluding hydrogens is 318 g/mol. The van der Waals surface area contributed by atoms with E-state index in [1.54, 1.807) is 25.3 Å². The molecule has 0 aliphatic carbocycles. The minimum Gasteiger partial charge on any atom is -0.480 e. The summed E-state index contributed by atoms with van der Waals surface area (Å²) in [5, 5.41) is 2.77. The average Bonchev–Trinajstić information content (AvgIpc) is 2.53. The number of halogens is 1. The van der Waals surface area contributed by atoms with E-state index in [0.717, 1.165) is 20.3 Å². The van der Waals surface area contributed by atoms with E-state index in [9.17, 15) is 4.79 Å². The van der Waals surface area contributed by atoms with Crippen molar-refractivity contribution in [2.45, 2.75) is 0 Å². The molecule has 0 radical (unpaired) electrons. The third kappa shape index (κ3) is 1.88. The Morgan fingerprint density at radius 2 is 1.95 bits per heavy atom. The maximum Gasteiger partial charge on any atom is 0.232 e. The maximum absolute atomic E-state index is 13.0. The molecule has 4 aromatic rings. The first-order valence-corrected chi connectivity index (χ1v) is 7.87. The van der Waals surface area contributed by atoms with Gasteiger partial charge in [-0.05, 0) is 24.3 Å². The number of hydrogen-bond acceptors (Lipinski definition) is 4. The van der Waals surface area contributed by atoms with E-state index in [2.05, 4.69) is 4.98 Å². The Morgan fingerprint density at radius 1 is 1.14 bits per heavy atom. The highest BCUT2D eigenvalue weighted by Crippen LogP contribution is 2.35. The number of methoxy groups -OCH3 is 1. The lowest BCUT2D eigenvalue weighted by Gasteiger charge is -2.08. The van der Waals surface area contributed by atoms with Crippen LogP contribution in [-0.2, 0) is 0 Å². The van der Waals surface area contributed by atoms with Gasteiger partial charge >= 0.3 is 0 Å². The monoisotopic (exact) mass is 327 g/mol. The number of rotatable bonds is 1. The highest BCUT2D eigenvalue weighted by atomic mass is 35.5. The first kappa shape index (κ1) is 13.5. The molecule has 2 aromatic heterocycles. The van der Waals surface area contributed by atoms with E-state index < -0.39 is 0 Å². The summed E-state index contributed by atoms with van der Waals surface area (Å²) in [5.74, 6) is 0.470. The number of pyridine rings is 1. The van der Waals surface area contributed by atoms with Gasteiger partial charge in [0.05, 0.1) is 18.0 Å².